The molecule has 3 N–H and O–H groups in total. The molecule has 0 bridgehead atoms. The lowest BCUT2D eigenvalue weighted by molar-refractivity contribution is -0.143. The molecular formula is C14H23N3O4. The molecule has 0 aromatic rings. The van der Waals surface area contributed by atoms with Crippen LogP contribution in [0.5, 0.6) is 0 Å². The molecule has 2 fully saturated rings. The third-order valence-electron chi connectivity index (χ3n) is 4.35. The molecule has 2 aliphatic heterocycles. The van der Waals surface area contributed by atoms with E-state index in [0.717, 1.165) is 0 Å². The monoisotopic (exact) mass is 297 g/mol. The lowest BCUT2D eigenvalue weighted by Gasteiger charge is -2.41. The molecule has 2 saturated heterocycles. The molecule has 2 unspecified atom stereocenters. The van der Waals surface area contributed by atoms with Crippen molar-refractivity contribution in [2.24, 2.45) is 5.92 Å². The summed E-state index contributed by atoms with van der Waals surface area (Å²) in [5.74, 6) is -1.34. The first-order valence-corrected chi connectivity index (χ1v) is 7.39. The van der Waals surface area contributed by atoms with Crippen LogP contribution in [0.15, 0.2) is 0 Å². The van der Waals surface area contributed by atoms with Gasteiger partial charge in [-0.3, -0.25) is 9.59 Å². The average molecular weight is 297 g/mol. The molecule has 2 aliphatic rings. The standard InChI is InChI=1S/C14H23N3O4/c1-14(2)10(5-6-11(18)16-14)15-13(21)17-7-3-4-9(8-17)12(19)20/h9-10H,3-8H2,1-2H3,(H,15,21)(H,16,18)(H,19,20). The summed E-state index contributed by atoms with van der Waals surface area (Å²) in [7, 11) is 0. The fourth-order valence-electron chi connectivity index (χ4n) is 3.00. The summed E-state index contributed by atoms with van der Waals surface area (Å²) in [6, 6.07) is -0.386. The van der Waals surface area contributed by atoms with E-state index in [1.54, 1.807) is 4.90 Å². The van der Waals surface area contributed by atoms with E-state index < -0.39 is 17.4 Å². The summed E-state index contributed by atoms with van der Waals surface area (Å²) >= 11 is 0. The highest BCUT2D eigenvalue weighted by atomic mass is 16.4. The Kier molecular flexibility index (Phi) is 4.39. The van der Waals surface area contributed by atoms with Gasteiger partial charge in [0.05, 0.1) is 17.5 Å². The highest BCUT2D eigenvalue weighted by Gasteiger charge is 2.37. The van der Waals surface area contributed by atoms with Gasteiger partial charge in [-0.25, -0.2) is 4.79 Å². The second-order valence-electron chi connectivity index (χ2n) is 6.43. The first kappa shape index (κ1) is 15.6. The van der Waals surface area contributed by atoms with Gasteiger partial charge in [-0.15, -0.1) is 0 Å². The number of likely N-dealkylation sites (tertiary alicyclic amines) is 1. The third-order valence-corrected chi connectivity index (χ3v) is 4.35. The van der Waals surface area contributed by atoms with Crippen LogP contribution in [-0.2, 0) is 9.59 Å². The van der Waals surface area contributed by atoms with Crippen LogP contribution in [0.4, 0.5) is 4.79 Å². The van der Waals surface area contributed by atoms with Crippen LogP contribution in [0, 0.1) is 5.92 Å². The number of aliphatic carboxylic acids is 1. The van der Waals surface area contributed by atoms with Gasteiger partial charge >= 0.3 is 12.0 Å². The Labute approximate surface area is 124 Å². The van der Waals surface area contributed by atoms with Gasteiger partial charge in [-0.2, -0.15) is 0 Å². The minimum atomic E-state index is -0.849. The third kappa shape index (κ3) is 3.65. The molecule has 0 aliphatic carbocycles. The number of amides is 3. The summed E-state index contributed by atoms with van der Waals surface area (Å²) in [6.07, 6.45) is 2.31. The van der Waals surface area contributed by atoms with Gasteiger partial charge in [0.1, 0.15) is 0 Å². The van der Waals surface area contributed by atoms with Crippen LogP contribution < -0.4 is 10.6 Å². The Morgan fingerprint density at radius 3 is 2.71 bits per heavy atom. The number of hydrogen-bond donors (Lipinski definition) is 3. The summed E-state index contributed by atoms with van der Waals surface area (Å²) in [6.45, 7) is 4.59. The van der Waals surface area contributed by atoms with Crippen molar-refractivity contribution in [3.05, 3.63) is 0 Å². The summed E-state index contributed by atoms with van der Waals surface area (Å²) in [5.41, 5.74) is -0.493. The molecular weight excluding hydrogens is 274 g/mol. The fourth-order valence-corrected chi connectivity index (χ4v) is 3.00. The highest BCUT2D eigenvalue weighted by molar-refractivity contribution is 5.80. The van der Waals surface area contributed by atoms with E-state index in [1.165, 1.54) is 0 Å². The number of rotatable bonds is 2. The normalized spacial score (nSPS) is 28.7. The number of urea groups is 1. The second-order valence-corrected chi connectivity index (χ2v) is 6.43. The molecule has 0 aromatic carbocycles. The van der Waals surface area contributed by atoms with E-state index >= 15 is 0 Å². The van der Waals surface area contributed by atoms with Crippen molar-refractivity contribution in [1.82, 2.24) is 15.5 Å². The van der Waals surface area contributed by atoms with Crippen LogP contribution in [-0.4, -0.2) is 52.6 Å². The second kappa shape index (κ2) is 5.91. The van der Waals surface area contributed by atoms with Gasteiger partial charge in [0, 0.05) is 19.5 Å². The van der Waals surface area contributed by atoms with Gasteiger partial charge in [-0.05, 0) is 33.1 Å². The van der Waals surface area contributed by atoms with Gasteiger partial charge in [-0.1, -0.05) is 0 Å². The Morgan fingerprint density at radius 2 is 2.10 bits per heavy atom. The SMILES string of the molecule is CC1(C)NC(=O)CCC1NC(=O)N1CCCC(C(=O)O)C1. The molecule has 0 radical (unpaired) electrons. The fraction of sp³-hybridized carbons (Fsp3) is 0.786. The van der Waals surface area contributed by atoms with E-state index in [0.29, 0.717) is 32.2 Å². The van der Waals surface area contributed by atoms with Crippen LogP contribution in [0.25, 0.3) is 0 Å². The zero-order valence-corrected chi connectivity index (χ0v) is 12.5. The highest BCUT2D eigenvalue weighted by Crippen LogP contribution is 2.21. The lowest BCUT2D eigenvalue weighted by Crippen LogP contribution is -2.63. The Balaban J connectivity index is 1.94. The van der Waals surface area contributed by atoms with Crippen LogP contribution in [0.2, 0.25) is 0 Å². The maximum absolute atomic E-state index is 12.3. The quantitative estimate of drug-likeness (QED) is 0.693. The number of carbonyl (C=O) groups excluding carboxylic acids is 2. The maximum atomic E-state index is 12.3. The van der Waals surface area contributed by atoms with E-state index in [2.05, 4.69) is 10.6 Å². The molecule has 2 heterocycles. The molecule has 7 heteroatoms. The van der Waals surface area contributed by atoms with Crippen molar-refractivity contribution < 1.29 is 19.5 Å². The molecule has 7 nitrogen and oxygen atoms in total. The average Bonchev–Trinajstić information content (AvgIpc) is 2.41. The number of carboxylic acids is 1. The molecule has 0 saturated carbocycles. The molecule has 2 atom stereocenters. The molecule has 0 aromatic heterocycles. The van der Waals surface area contributed by atoms with E-state index in [1.807, 2.05) is 13.8 Å². The van der Waals surface area contributed by atoms with Crippen LogP contribution >= 0.6 is 0 Å². The molecule has 118 valence electrons. The van der Waals surface area contributed by atoms with Crippen molar-refractivity contribution in [3.8, 4) is 0 Å². The summed E-state index contributed by atoms with van der Waals surface area (Å²) < 4.78 is 0. The molecule has 2 rings (SSSR count). The van der Waals surface area contributed by atoms with Gasteiger partial charge < -0.3 is 20.6 Å². The number of nitrogens with zero attached hydrogens (tertiary/aromatic N) is 1. The summed E-state index contributed by atoms with van der Waals surface area (Å²) in [5, 5.41) is 14.9. The van der Waals surface area contributed by atoms with Crippen molar-refractivity contribution in [1.29, 1.82) is 0 Å². The van der Waals surface area contributed by atoms with Crippen molar-refractivity contribution >= 4 is 17.9 Å². The van der Waals surface area contributed by atoms with Crippen molar-refractivity contribution in [2.45, 2.75) is 51.1 Å². The Bertz CT molecular complexity index is 450. The molecule has 3 amide bonds. The van der Waals surface area contributed by atoms with Crippen LogP contribution in [0.1, 0.15) is 39.5 Å². The molecule has 0 spiro atoms. The minimum Gasteiger partial charge on any atom is -0.481 e. The Morgan fingerprint density at radius 1 is 1.38 bits per heavy atom. The van der Waals surface area contributed by atoms with E-state index in [9.17, 15) is 14.4 Å². The predicted molar refractivity (Wildman–Crippen MR) is 75.7 cm³/mol. The van der Waals surface area contributed by atoms with Gasteiger partial charge in [0.25, 0.3) is 0 Å². The topological polar surface area (TPSA) is 98.7 Å². The Hall–Kier alpha value is -1.79. The predicted octanol–water partition coefficient (Wildman–Crippen LogP) is 0.550. The van der Waals surface area contributed by atoms with E-state index in [4.69, 9.17) is 5.11 Å². The lowest BCUT2D eigenvalue weighted by atomic mass is 9.87. The van der Waals surface area contributed by atoms with Gasteiger partial charge in [0.15, 0.2) is 0 Å². The zero-order chi connectivity index (χ0) is 15.6. The minimum absolute atomic E-state index is 0.00517. The number of nitrogens with one attached hydrogen (secondary N) is 2. The number of carbonyl (C=O) groups is 3. The first-order chi connectivity index (χ1) is 9.79. The summed E-state index contributed by atoms with van der Waals surface area (Å²) in [4.78, 5) is 36.4. The van der Waals surface area contributed by atoms with Crippen molar-refractivity contribution in [3.63, 3.8) is 0 Å². The number of piperidine rings is 2. The molecule has 21 heavy (non-hydrogen) atoms. The van der Waals surface area contributed by atoms with Gasteiger partial charge in [0.2, 0.25) is 5.91 Å². The van der Waals surface area contributed by atoms with Crippen molar-refractivity contribution in [2.75, 3.05) is 13.1 Å². The maximum Gasteiger partial charge on any atom is 0.317 e. The smallest absolute Gasteiger partial charge is 0.317 e. The number of hydrogen-bond acceptors (Lipinski definition) is 3. The largest absolute Gasteiger partial charge is 0.481 e. The zero-order valence-electron chi connectivity index (χ0n) is 12.5. The number of carboxylic acid groups (broad SMARTS) is 1. The first-order valence-electron chi connectivity index (χ1n) is 7.39. The van der Waals surface area contributed by atoms with Crippen LogP contribution in [0.3, 0.4) is 0 Å². The van der Waals surface area contributed by atoms with E-state index in [-0.39, 0.29) is 24.5 Å².